The fourth-order valence-corrected chi connectivity index (χ4v) is 0.913. The zero-order chi connectivity index (χ0) is 6.81. The molecule has 1 heterocycles. The summed E-state index contributed by atoms with van der Waals surface area (Å²) in [5.41, 5.74) is 3.76. The average Bonchev–Trinajstić information content (AvgIpc) is 2.28. The monoisotopic (exact) mass is 133 g/mol. The molecule has 0 aromatic carbocycles. The van der Waals surface area contributed by atoms with Crippen molar-refractivity contribution < 1.29 is 4.84 Å². The van der Waals surface area contributed by atoms with Crippen molar-refractivity contribution in [2.75, 3.05) is 0 Å². The van der Waals surface area contributed by atoms with E-state index in [1.807, 2.05) is 36.6 Å². The van der Waals surface area contributed by atoms with Gasteiger partial charge in [-0.25, -0.2) is 5.48 Å². The molecule has 2 rings (SSSR count). The minimum absolute atomic E-state index is 0.880. The molecule has 10 heavy (non-hydrogen) atoms. The van der Waals surface area contributed by atoms with E-state index in [1.54, 1.807) is 0 Å². The molecule has 1 aliphatic carbocycles. The van der Waals surface area contributed by atoms with Crippen molar-refractivity contribution in [3.8, 4) is 0 Å². The van der Waals surface area contributed by atoms with Crippen molar-refractivity contribution in [1.82, 2.24) is 5.48 Å². The van der Waals surface area contributed by atoms with Crippen molar-refractivity contribution >= 4 is 0 Å². The Labute approximate surface area is 59.1 Å². The second kappa shape index (κ2) is 2.06. The zero-order valence-corrected chi connectivity index (χ0v) is 5.37. The molecule has 50 valence electrons. The van der Waals surface area contributed by atoms with E-state index in [0.717, 1.165) is 11.3 Å². The molecule has 0 amide bonds. The molecule has 0 atom stereocenters. The van der Waals surface area contributed by atoms with Crippen molar-refractivity contribution in [2.45, 2.75) is 0 Å². The third-order valence-corrected chi connectivity index (χ3v) is 1.41. The predicted octanol–water partition coefficient (Wildman–Crippen LogP) is 1.41. The number of nitrogens with one attached hydrogen (secondary N) is 1. The van der Waals surface area contributed by atoms with Gasteiger partial charge >= 0.3 is 0 Å². The zero-order valence-electron chi connectivity index (χ0n) is 5.37. The molecule has 0 fully saturated rings. The summed E-state index contributed by atoms with van der Waals surface area (Å²) >= 11 is 0. The van der Waals surface area contributed by atoms with Crippen LogP contribution >= 0.6 is 0 Å². The summed E-state index contributed by atoms with van der Waals surface area (Å²) in [7, 11) is 0. The third kappa shape index (κ3) is 0.739. The van der Waals surface area contributed by atoms with E-state index in [9.17, 15) is 0 Å². The van der Waals surface area contributed by atoms with Crippen LogP contribution in [0.2, 0.25) is 0 Å². The van der Waals surface area contributed by atoms with Gasteiger partial charge in [-0.1, -0.05) is 18.2 Å². The maximum absolute atomic E-state index is 5.05. The Balaban J connectivity index is 2.42. The fraction of sp³-hybridized carbons (Fsp3) is 0. The Morgan fingerprint density at radius 1 is 1.20 bits per heavy atom. The summed E-state index contributed by atoms with van der Waals surface area (Å²) in [6.07, 6.45) is 11.6. The highest BCUT2D eigenvalue weighted by atomic mass is 16.7. The van der Waals surface area contributed by atoms with Crippen LogP contribution < -0.4 is 5.48 Å². The molecule has 0 saturated carbocycles. The van der Waals surface area contributed by atoms with Gasteiger partial charge in [0.25, 0.3) is 0 Å². The maximum atomic E-state index is 5.05. The van der Waals surface area contributed by atoms with E-state index in [4.69, 9.17) is 4.84 Å². The minimum atomic E-state index is 0.880. The topological polar surface area (TPSA) is 21.3 Å². The van der Waals surface area contributed by atoms with Crippen LogP contribution in [0.1, 0.15) is 0 Å². The number of hydroxylamine groups is 1. The number of hydrogen-bond donors (Lipinski definition) is 1. The van der Waals surface area contributed by atoms with E-state index in [1.165, 1.54) is 0 Å². The normalized spacial score (nSPS) is 20.0. The van der Waals surface area contributed by atoms with Gasteiger partial charge in [0.1, 0.15) is 0 Å². The molecule has 1 aliphatic heterocycles. The molecule has 1 N–H and O–H groups in total. The van der Waals surface area contributed by atoms with Crippen LogP contribution in [0.3, 0.4) is 0 Å². The van der Waals surface area contributed by atoms with Crippen molar-refractivity contribution in [2.24, 2.45) is 0 Å². The van der Waals surface area contributed by atoms with Crippen molar-refractivity contribution in [3.05, 3.63) is 47.9 Å². The van der Waals surface area contributed by atoms with Crippen molar-refractivity contribution in [1.29, 1.82) is 0 Å². The van der Waals surface area contributed by atoms with Crippen molar-refractivity contribution in [3.63, 3.8) is 0 Å². The highest BCUT2D eigenvalue weighted by Crippen LogP contribution is 2.18. The standard InChI is InChI=1S/C8H7NO/c1-2-4-7-6-9-10-8(7)5-3-1/h1-6,9H. The average molecular weight is 133 g/mol. The molecule has 2 heteroatoms. The highest BCUT2D eigenvalue weighted by Gasteiger charge is 2.09. The summed E-state index contributed by atoms with van der Waals surface area (Å²) in [6.45, 7) is 0. The molecule has 0 unspecified atom stereocenters. The number of fused-ring (bicyclic) bond motifs is 1. The van der Waals surface area contributed by atoms with Gasteiger partial charge < -0.3 is 4.84 Å². The Kier molecular flexibility index (Phi) is 1.10. The van der Waals surface area contributed by atoms with Gasteiger partial charge in [-0.3, -0.25) is 0 Å². The Hall–Kier alpha value is -1.44. The van der Waals surface area contributed by atoms with E-state index in [-0.39, 0.29) is 0 Å². The van der Waals surface area contributed by atoms with E-state index < -0.39 is 0 Å². The maximum Gasteiger partial charge on any atom is 0.163 e. The molecule has 0 aromatic heterocycles. The van der Waals surface area contributed by atoms with Crippen LogP contribution in [-0.4, -0.2) is 0 Å². The van der Waals surface area contributed by atoms with Crippen LogP contribution in [0.15, 0.2) is 47.9 Å². The lowest BCUT2D eigenvalue weighted by Crippen LogP contribution is -1.95. The third-order valence-electron chi connectivity index (χ3n) is 1.41. The lowest BCUT2D eigenvalue weighted by molar-refractivity contribution is 0.170. The van der Waals surface area contributed by atoms with E-state index in [0.29, 0.717) is 0 Å². The van der Waals surface area contributed by atoms with Crippen LogP contribution in [0.25, 0.3) is 0 Å². The van der Waals surface area contributed by atoms with Crippen LogP contribution in [0, 0.1) is 0 Å². The highest BCUT2D eigenvalue weighted by molar-refractivity contribution is 5.43. The second-order valence-electron chi connectivity index (χ2n) is 2.09. The number of rotatable bonds is 0. The van der Waals surface area contributed by atoms with Gasteiger partial charge in [0.15, 0.2) is 5.76 Å². The SMILES string of the molecule is C1=CC=C2ONC=C2C=C1. The first kappa shape index (κ1) is 5.35. The van der Waals surface area contributed by atoms with Gasteiger partial charge in [-0.2, -0.15) is 0 Å². The molecule has 0 aromatic rings. The number of allylic oxidation sites excluding steroid dienone is 5. The molecular formula is C8H7NO. The second-order valence-corrected chi connectivity index (χ2v) is 2.09. The first-order chi connectivity index (χ1) is 4.97. The Morgan fingerprint density at radius 3 is 3.20 bits per heavy atom. The first-order valence-corrected chi connectivity index (χ1v) is 3.15. The Bertz CT molecular complexity index is 258. The smallest absolute Gasteiger partial charge is 0.163 e. The lowest BCUT2D eigenvalue weighted by atomic mass is 10.2. The quantitative estimate of drug-likeness (QED) is 0.539. The first-order valence-electron chi connectivity index (χ1n) is 3.15. The van der Waals surface area contributed by atoms with Crippen LogP contribution in [0.5, 0.6) is 0 Å². The van der Waals surface area contributed by atoms with Crippen LogP contribution in [0.4, 0.5) is 0 Å². The van der Waals surface area contributed by atoms with Gasteiger partial charge in [0.05, 0.1) is 0 Å². The summed E-state index contributed by atoms with van der Waals surface area (Å²) in [5.74, 6) is 0.880. The minimum Gasteiger partial charge on any atom is -0.382 e. The van der Waals surface area contributed by atoms with Gasteiger partial charge in [-0.05, 0) is 12.2 Å². The molecule has 0 spiro atoms. The number of hydrogen-bond acceptors (Lipinski definition) is 2. The van der Waals surface area contributed by atoms with Gasteiger partial charge in [0, 0.05) is 11.8 Å². The molecule has 2 nitrogen and oxygen atoms in total. The summed E-state index contributed by atoms with van der Waals surface area (Å²) in [6, 6.07) is 0. The summed E-state index contributed by atoms with van der Waals surface area (Å²) in [4.78, 5) is 5.05. The molecule has 2 aliphatic rings. The van der Waals surface area contributed by atoms with Gasteiger partial charge in [0.2, 0.25) is 0 Å². The predicted molar refractivity (Wildman–Crippen MR) is 38.7 cm³/mol. The summed E-state index contributed by atoms with van der Waals surface area (Å²) in [5, 5.41) is 0. The van der Waals surface area contributed by atoms with E-state index >= 15 is 0 Å². The Morgan fingerprint density at radius 2 is 2.20 bits per heavy atom. The summed E-state index contributed by atoms with van der Waals surface area (Å²) < 4.78 is 0. The fourth-order valence-electron chi connectivity index (χ4n) is 0.913. The van der Waals surface area contributed by atoms with Crippen LogP contribution in [-0.2, 0) is 4.84 Å². The molecular weight excluding hydrogens is 126 g/mol. The molecule has 0 radical (unpaired) electrons. The van der Waals surface area contributed by atoms with Gasteiger partial charge in [-0.15, -0.1) is 0 Å². The largest absolute Gasteiger partial charge is 0.382 e. The lowest BCUT2D eigenvalue weighted by Gasteiger charge is -1.95. The molecule has 0 bridgehead atoms. The van der Waals surface area contributed by atoms with E-state index in [2.05, 4.69) is 5.48 Å². The molecule has 0 saturated heterocycles.